The highest BCUT2D eigenvalue weighted by Gasteiger charge is 2.18. The molecule has 0 aromatic heterocycles. The Kier molecular flexibility index (Phi) is 9.50. The zero-order valence-corrected chi connectivity index (χ0v) is 16.8. The van der Waals surface area contributed by atoms with Crippen LogP contribution < -0.4 is 0 Å². The van der Waals surface area contributed by atoms with E-state index in [1.54, 1.807) is 6.07 Å². The molecule has 0 aliphatic heterocycles. The van der Waals surface area contributed by atoms with Crippen LogP contribution in [-0.2, 0) is 25.9 Å². The highest BCUT2D eigenvalue weighted by Crippen LogP contribution is 2.16. The number of hydrogen-bond acceptors (Lipinski definition) is 6. The highest BCUT2D eigenvalue weighted by molar-refractivity contribution is 6.30. The van der Waals surface area contributed by atoms with Crippen LogP contribution in [0.4, 0.5) is 0 Å². The van der Waals surface area contributed by atoms with Crippen LogP contribution in [-0.4, -0.2) is 33.3 Å². The number of benzene rings is 2. The van der Waals surface area contributed by atoms with Crippen molar-refractivity contribution in [3.8, 4) is 0 Å². The SMILES string of the molecule is COOCc1ccc(C(=O)OC)c(C(=O)OC)c1.Cc1ccc(Cl)cc1C. The van der Waals surface area contributed by atoms with Gasteiger partial charge in [0.1, 0.15) is 6.61 Å². The van der Waals surface area contributed by atoms with Crippen LogP contribution in [0.5, 0.6) is 0 Å². The Balaban J connectivity index is 0.000000337. The zero-order valence-electron chi connectivity index (χ0n) is 16.0. The van der Waals surface area contributed by atoms with E-state index in [1.807, 2.05) is 18.2 Å². The maximum absolute atomic E-state index is 11.6. The highest BCUT2D eigenvalue weighted by atomic mass is 35.5. The topological polar surface area (TPSA) is 71.1 Å². The van der Waals surface area contributed by atoms with Crippen molar-refractivity contribution in [3.05, 3.63) is 69.2 Å². The molecule has 0 radical (unpaired) electrons. The fourth-order valence-electron chi connectivity index (χ4n) is 2.08. The quantitative estimate of drug-likeness (QED) is 0.428. The summed E-state index contributed by atoms with van der Waals surface area (Å²) in [6, 6.07) is 10.5. The van der Waals surface area contributed by atoms with Gasteiger partial charge in [-0.3, -0.25) is 0 Å². The summed E-state index contributed by atoms with van der Waals surface area (Å²) in [5.74, 6) is -1.22. The van der Waals surface area contributed by atoms with Crippen molar-refractivity contribution in [2.75, 3.05) is 21.3 Å². The van der Waals surface area contributed by atoms with Crippen molar-refractivity contribution < 1.29 is 28.8 Å². The number of aryl methyl sites for hydroxylation is 2. The lowest BCUT2D eigenvalue weighted by atomic mass is 10.0. The van der Waals surface area contributed by atoms with Gasteiger partial charge in [0, 0.05) is 5.02 Å². The van der Waals surface area contributed by atoms with Gasteiger partial charge in [-0.05, 0) is 54.8 Å². The summed E-state index contributed by atoms with van der Waals surface area (Å²) in [6.07, 6.45) is 0. The van der Waals surface area contributed by atoms with E-state index in [9.17, 15) is 9.59 Å². The van der Waals surface area contributed by atoms with Gasteiger partial charge in [-0.15, -0.1) is 0 Å². The van der Waals surface area contributed by atoms with E-state index >= 15 is 0 Å². The normalized spacial score (nSPS) is 9.85. The first-order chi connectivity index (χ1) is 12.8. The van der Waals surface area contributed by atoms with Gasteiger partial charge in [0.05, 0.1) is 32.5 Å². The average Bonchev–Trinajstić information content (AvgIpc) is 2.68. The number of carbonyl (C=O) groups is 2. The van der Waals surface area contributed by atoms with Crippen molar-refractivity contribution in [1.29, 1.82) is 0 Å². The second-order valence-electron chi connectivity index (χ2n) is 5.52. The van der Waals surface area contributed by atoms with Gasteiger partial charge in [-0.2, -0.15) is 0 Å². The number of hydrogen-bond donors (Lipinski definition) is 0. The van der Waals surface area contributed by atoms with Crippen LogP contribution in [0.15, 0.2) is 36.4 Å². The monoisotopic (exact) mass is 394 g/mol. The predicted octanol–water partition coefficient (Wildman–Crippen LogP) is 4.29. The molecule has 0 heterocycles. The van der Waals surface area contributed by atoms with E-state index in [4.69, 9.17) is 16.5 Å². The molecule has 0 unspecified atom stereocenters. The van der Waals surface area contributed by atoms with Crippen molar-refractivity contribution in [2.45, 2.75) is 20.5 Å². The molecule has 0 amide bonds. The molecule has 0 bridgehead atoms. The van der Waals surface area contributed by atoms with Gasteiger partial charge in [-0.1, -0.05) is 23.7 Å². The molecule has 0 N–H and O–H groups in total. The first-order valence-electron chi connectivity index (χ1n) is 8.02. The van der Waals surface area contributed by atoms with E-state index < -0.39 is 11.9 Å². The molecular formula is C20H23ClO6. The van der Waals surface area contributed by atoms with Crippen LogP contribution in [0, 0.1) is 13.8 Å². The largest absolute Gasteiger partial charge is 0.465 e. The van der Waals surface area contributed by atoms with E-state index in [1.165, 1.54) is 44.6 Å². The van der Waals surface area contributed by atoms with Gasteiger partial charge >= 0.3 is 11.9 Å². The summed E-state index contributed by atoms with van der Waals surface area (Å²) in [5, 5.41) is 0.818. The van der Waals surface area contributed by atoms with Crippen molar-refractivity contribution in [2.24, 2.45) is 0 Å². The first kappa shape index (κ1) is 22.6. The third-order valence-electron chi connectivity index (χ3n) is 3.71. The fraction of sp³-hybridized carbons (Fsp3) is 0.300. The molecule has 146 valence electrons. The molecule has 2 aromatic rings. The Bertz CT molecular complexity index is 788. The number of ether oxygens (including phenoxy) is 2. The molecule has 0 atom stereocenters. The van der Waals surface area contributed by atoms with Gasteiger partial charge < -0.3 is 9.47 Å². The predicted molar refractivity (Wildman–Crippen MR) is 102 cm³/mol. The molecular weight excluding hydrogens is 372 g/mol. The lowest BCUT2D eigenvalue weighted by molar-refractivity contribution is -0.282. The Hall–Kier alpha value is -2.41. The van der Waals surface area contributed by atoms with Crippen molar-refractivity contribution in [1.82, 2.24) is 0 Å². The van der Waals surface area contributed by atoms with Crippen LogP contribution >= 0.6 is 11.6 Å². The molecule has 0 aliphatic rings. The third kappa shape index (κ3) is 7.02. The molecule has 0 saturated carbocycles. The molecule has 0 saturated heterocycles. The molecule has 0 spiro atoms. The Morgan fingerprint density at radius 1 is 0.852 bits per heavy atom. The van der Waals surface area contributed by atoms with Crippen LogP contribution in [0.25, 0.3) is 0 Å². The van der Waals surface area contributed by atoms with Crippen molar-refractivity contribution in [3.63, 3.8) is 0 Å². The van der Waals surface area contributed by atoms with Gasteiger partial charge in [-0.25, -0.2) is 19.4 Å². The zero-order chi connectivity index (χ0) is 20.4. The van der Waals surface area contributed by atoms with Crippen molar-refractivity contribution >= 4 is 23.5 Å². The lowest BCUT2D eigenvalue weighted by Gasteiger charge is -2.08. The Morgan fingerprint density at radius 2 is 1.48 bits per heavy atom. The number of carbonyl (C=O) groups excluding carboxylic acids is 2. The minimum atomic E-state index is -0.616. The van der Waals surface area contributed by atoms with E-state index in [0.29, 0.717) is 5.56 Å². The van der Waals surface area contributed by atoms with E-state index in [2.05, 4.69) is 28.2 Å². The first-order valence-corrected chi connectivity index (χ1v) is 8.39. The summed E-state index contributed by atoms with van der Waals surface area (Å²) in [6.45, 7) is 4.29. The summed E-state index contributed by atoms with van der Waals surface area (Å²) in [7, 11) is 3.86. The lowest BCUT2D eigenvalue weighted by Crippen LogP contribution is -2.12. The minimum absolute atomic E-state index is 0.126. The van der Waals surface area contributed by atoms with Gasteiger partial charge in [0.2, 0.25) is 0 Å². The number of esters is 2. The molecule has 27 heavy (non-hydrogen) atoms. The number of rotatable bonds is 5. The van der Waals surface area contributed by atoms with Gasteiger partial charge in [0.25, 0.3) is 0 Å². The van der Waals surface area contributed by atoms with Crippen LogP contribution in [0.3, 0.4) is 0 Å². The third-order valence-corrected chi connectivity index (χ3v) is 3.94. The summed E-state index contributed by atoms with van der Waals surface area (Å²) >= 11 is 5.72. The van der Waals surface area contributed by atoms with Gasteiger partial charge in [0.15, 0.2) is 0 Å². The standard InChI is InChI=1S/C12H14O6.C8H9Cl/c1-15-11(13)9-5-4-8(7-18-17-3)6-10(9)12(14)16-2;1-6-3-4-8(9)5-7(6)2/h4-6H,7H2,1-3H3;3-5H,1-2H3. The summed E-state index contributed by atoms with van der Waals surface area (Å²) < 4.78 is 9.20. The second-order valence-corrected chi connectivity index (χ2v) is 5.96. The number of halogens is 1. The number of methoxy groups -OCH3 is 2. The molecule has 2 rings (SSSR count). The van der Waals surface area contributed by atoms with E-state index in [-0.39, 0.29) is 17.7 Å². The molecule has 0 fully saturated rings. The minimum Gasteiger partial charge on any atom is -0.465 e. The summed E-state index contributed by atoms with van der Waals surface area (Å²) in [4.78, 5) is 32.3. The Labute approximate surface area is 163 Å². The maximum atomic E-state index is 11.6. The average molecular weight is 395 g/mol. The molecule has 7 heteroatoms. The van der Waals surface area contributed by atoms with Crippen LogP contribution in [0.1, 0.15) is 37.4 Å². The van der Waals surface area contributed by atoms with Crippen LogP contribution in [0.2, 0.25) is 5.02 Å². The van der Waals surface area contributed by atoms with E-state index in [0.717, 1.165) is 5.02 Å². The molecule has 6 nitrogen and oxygen atoms in total. The Morgan fingerprint density at radius 3 is 2.00 bits per heavy atom. The fourth-order valence-corrected chi connectivity index (χ4v) is 2.31. The summed E-state index contributed by atoms with van der Waals surface area (Å²) in [5.41, 5.74) is 3.49. The smallest absolute Gasteiger partial charge is 0.338 e. The molecule has 2 aromatic carbocycles. The second kappa shape index (κ2) is 11.3. The molecule has 0 aliphatic carbocycles. The maximum Gasteiger partial charge on any atom is 0.338 e.